The van der Waals surface area contributed by atoms with Gasteiger partial charge in [0, 0.05) is 37.7 Å². The molecule has 3 aliphatic heterocycles. The first-order valence-corrected chi connectivity index (χ1v) is 16.7. The Labute approximate surface area is 257 Å². The quantitative estimate of drug-likeness (QED) is 0.364. The van der Waals surface area contributed by atoms with Crippen LogP contribution in [0.5, 0.6) is 0 Å². The van der Waals surface area contributed by atoms with Crippen molar-refractivity contribution in [3.63, 3.8) is 0 Å². The minimum atomic E-state index is -0.614. The van der Waals surface area contributed by atoms with Crippen LogP contribution in [0.4, 0.5) is 0 Å². The van der Waals surface area contributed by atoms with Crippen LogP contribution in [0.2, 0.25) is 0 Å². The van der Waals surface area contributed by atoms with Crippen LogP contribution in [0.1, 0.15) is 69.8 Å². The lowest BCUT2D eigenvalue weighted by molar-refractivity contribution is -0.144. The van der Waals surface area contributed by atoms with E-state index in [0.29, 0.717) is 45.5 Å². The zero-order valence-electron chi connectivity index (χ0n) is 25.2. The highest BCUT2D eigenvalue weighted by Gasteiger charge is 2.41. The van der Waals surface area contributed by atoms with Crippen LogP contribution in [0.3, 0.4) is 0 Å². The van der Waals surface area contributed by atoms with Gasteiger partial charge in [-0.25, -0.2) is 4.98 Å². The lowest BCUT2D eigenvalue weighted by atomic mass is 9.87. The molecule has 9 heteroatoms. The first kappa shape index (κ1) is 29.8. The molecule has 4 heterocycles. The van der Waals surface area contributed by atoms with E-state index in [4.69, 9.17) is 9.72 Å². The number of hydrogen-bond donors (Lipinski definition) is 1. The molecule has 6 rings (SSSR count). The Kier molecular flexibility index (Phi) is 9.09. The number of likely N-dealkylation sites (tertiary alicyclic amines) is 2. The topological polar surface area (TPSA) is 91.8 Å². The van der Waals surface area contributed by atoms with Gasteiger partial charge >= 0.3 is 0 Å². The van der Waals surface area contributed by atoms with E-state index in [0.717, 1.165) is 52.0 Å². The van der Waals surface area contributed by atoms with Crippen LogP contribution in [0.25, 0.3) is 21.3 Å². The number of piperidine rings is 1. The molecule has 3 aliphatic rings. The summed E-state index contributed by atoms with van der Waals surface area (Å²) in [5.74, 6) is -0.248. The molecular weight excluding hydrogens is 560 g/mol. The number of benzene rings is 2. The van der Waals surface area contributed by atoms with Crippen molar-refractivity contribution in [2.75, 3.05) is 26.2 Å². The highest BCUT2D eigenvalue weighted by Crippen LogP contribution is 2.40. The molecule has 2 aromatic carbocycles. The summed E-state index contributed by atoms with van der Waals surface area (Å²) in [4.78, 5) is 49.5. The third-order valence-electron chi connectivity index (χ3n) is 9.49. The Bertz CT molecular complexity index is 1450. The zero-order valence-corrected chi connectivity index (χ0v) is 26.0. The van der Waals surface area contributed by atoms with Crippen molar-refractivity contribution >= 4 is 39.3 Å². The predicted octanol–water partition coefficient (Wildman–Crippen LogP) is 5.58. The fraction of sp³-hybridized carbons (Fsp3) is 0.529. The van der Waals surface area contributed by atoms with Gasteiger partial charge < -0.3 is 19.9 Å². The van der Waals surface area contributed by atoms with Crippen molar-refractivity contribution in [3.8, 4) is 11.1 Å². The molecule has 1 aromatic heterocycles. The smallest absolute Gasteiger partial charge is 0.251 e. The lowest BCUT2D eigenvalue weighted by Crippen LogP contribution is -2.55. The van der Waals surface area contributed by atoms with Crippen molar-refractivity contribution in [2.45, 2.75) is 77.0 Å². The standard InChI is InChI=1S/C34H42N4O4S/c1-3-22(2)31(39)35-29(24-16-19-37(20-17-24)33(40)27-14-9-21-42-27)34(41)38-18-8-13-26(38)32-36-30-25(12-7-15-28(30)43-32)23-10-5-4-6-11-23/h4-7,10-12,15,22,24,26-27,29H,3,8-9,13-14,16-21H2,1-2H3,(H,35,39)/t22-,26+,27+,29+/m1/s1. The second kappa shape index (κ2) is 13.1. The van der Waals surface area contributed by atoms with Gasteiger partial charge in [-0.2, -0.15) is 0 Å². The van der Waals surface area contributed by atoms with Gasteiger partial charge in [0.25, 0.3) is 5.91 Å². The van der Waals surface area contributed by atoms with Crippen LogP contribution in [0.15, 0.2) is 48.5 Å². The second-order valence-corrected chi connectivity index (χ2v) is 13.3. The van der Waals surface area contributed by atoms with E-state index in [1.54, 1.807) is 11.3 Å². The van der Waals surface area contributed by atoms with Gasteiger partial charge in [-0.05, 0) is 62.5 Å². The molecule has 1 N–H and O–H groups in total. The Hall–Kier alpha value is -3.30. The Balaban J connectivity index is 1.23. The molecule has 228 valence electrons. The van der Waals surface area contributed by atoms with Crippen LogP contribution >= 0.6 is 11.3 Å². The number of rotatable bonds is 8. The predicted molar refractivity (Wildman–Crippen MR) is 168 cm³/mol. The molecule has 3 amide bonds. The normalized spacial score (nSPS) is 22.6. The lowest BCUT2D eigenvalue weighted by Gasteiger charge is -2.38. The van der Waals surface area contributed by atoms with E-state index in [1.807, 2.05) is 41.8 Å². The number of thiazole rings is 1. The van der Waals surface area contributed by atoms with Crippen LogP contribution < -0.4 is 5.32 Å². The maximum Gasteiger partial charge on any atom is 0.251 e. The Morgan fingerprint density at radius 3 is 2.51 bits per heavy atom. The van der Waals surface area contributed by atoms with Gasteiger partial charge in [-0.1, -0.05) is 56.3 Å². The molecule has 43 heavy (non-hydrogen) atoms. The van der Waals surface area contributed by atoms with Crippen molar-refractivity contribution in [3.05, 3.63) is 53.5 Å². The molecule has 0 bridgehead atoms. The van der Waals surface area contributed by atoms with E-state index in [2.05, 4.69) is 35.6 Å². The molecule has 0 aliphatic carbocycles. The number of amides is 3. The number of ether oxygens (including phenoxy) is 1. The minimum absolute atomic E-state index is 0.0226. The van der Waals surface area contributed by atoms with Gasteiger partial charge in [0.2, 0.25) is 11.8 Å². The molecule has 3 fully saturated rings. The van der Waals surface area contributed by atoms with E-state index in [9.17, 15) is 14.4 Å². The average molecular weight is 603 g/mol. The molecule has 8 nitrogen and oxygen atoms in total. The first-order chi connectivity index (χ1) is 20.9. The van der Waals surface area contributed by atoms with E-state index in [1.165, 1.54) is 0 Å². The summed E-state index contributed by atoms with van der Waals surface area (Å²) in [5, 5.41) is 4.12. The highest BCUT2D eigenvalue weighted by atomic mass is 32.1. The maximum atomic E-state index is 14.4. The fourth-order valence-electron chi connectivity index (χ4n) is 6.72. The first-order valence-electron chi connectivity index (χ1n) is 15.9. The van der Waals surface area contributed by atoms with Crippen molar-refractivity contribution in [1.29, 1.82) is 0 Å². The van der Waals surface area contributed by atoms with E-state index >= 15 is 0 Å². The molecule has 0 radical (unpaired) electrons. The number of nitrogens with one attached hydrogen (secondary N) is 1. The molecule has 4 atom stereocenters. The molecule has 0 spiro atoms. The Morgan fingerprint density at radius 1 is 1.00 bits per heavy atom. The Morgan fingerprint density at radius 2 is 1.79 bits per heavy atom. The number of fused-ring (bicyclic) bond motifs is 1. The maximum absolute atomic E-state index is 14.4. The van der Waals surface area contributed by atoms with E-state index < -0.39 is 6.04 Å². The number of para-hydroxylation sites is 1. The van der Waals surface area contributed by atoms with Crippen LogP contribution in [-0.2, 0) is 19.1 Å². The third-order valence-corrected chi connectivity index (χ3v) is 10.6. The summed E-state index contributed by atoms with van der Waals surface area (Å²) < 4.78 is 6.75. The summed E-state index contributed by atoms with van der Waals surface area (Å²) in [7, 11) is 0. The number of aromatic nitrogens is 1. The van der Waals surface area contributed by atoms with E-state index in [-0.39, 0.29) is 41.7 Å². The van der Waals surface area contributed by atoms with Gasteiger partial charge in [-0.15, -0.1) is 11.3 Å². The number of nitrogens with zero attached hydrogens (tertiary/aromatic N) is 3. The zero-order chi connectivity index (χ0) is 29.9. The molecule has 0 saturated carbocycles. The third kappa shape index (κ3) is 6.20. The number of carbonyl (C=O) groups excluding carboxylic acids is 3. The van der Waals surface area contributed by atoms with Crippen molar-refractivity contribution < 1.29 is 19.1 Å². The molecule has 3 saturated heterocycles. The summed E-state index contributed by atoms with van der Waals surface area (Å²) in [5.41, 5.74) is 3.19. The summed E-state index contributed by atoms with van der Waals surface area (Å²) in [6.45, 7) is 6.35. The number of carbonyl (C=O) groups is 3. The van der Waals surface area contributed by atoms with Gasteiger partial charge in [0.05, 0.1) is 16.3 Å². The minimum Gasteiger partial charge on any atom is -0.368 e. The van der Waals surface area contributed by atoms with Crippen LogP contribution in [-0.4, -0.2) is 70.9 Å². The molecular formula is C34H42N4O4S. The monoisotopic (exact) mass is 602 g/mol. The van der Waals surface area contributed by atoms with Gasteiger partial charge in [-0.3, -0.25) is 14.4 Å². The van der Waals surface area contributed by atoms with Gasteiger partial charge in [0.15, 0.2) is 0 Å². The summed E-state index contributed by atoms with van der Waals surface area (Å²) >= 11 is 1.66. The van der Waals surface area contributed by atoms with Crippen molar-refractivity contribution in [2.24, 2.45) is 11.8 Å². The van der Waals surface area contributed by atoms with Crippen molar-refractivity contribution in [1.82, 2.24) is 20.1 Å². The average Bonchev–Trinajstić information content (AvgIpc) is 3.84. The number of hydrogen-bond acceptors (Lipinski definition) is 6. The van der Waals surface area contributed by atoms with Crippen LogP contribution in [0, 0.1) is 11.8 Å². The van der Waals surface area contributed by atoms with Gasteiger partial charge in [0.1, 0.15) is 17.2 Å². The molecule has 0 unspecified atom stereocenters. The molecule has 3 aromatic rings. The fourth-order valence-corrected chi connectivity index (χ4v) is 7.86. The highest BCUT2D eigenvalue weighted by molar-refractivity contribution is 7.18. The second-order valence-electron chi connectivity index (χ2n) is 12.2. The summed E-state index contributed by atoms with van der Waals surface area (Å²) in [6.07, 6.45) is 5.18. The summed E-state index contributed by atoms with van der Waals surface area (Å²) in [6, 6.07) is 15.8. The SMILES string of the molecule is CC[C@@H](C)C(=O)N[C@H](C(=O)N1CCC[C@H]1c1nc2c(-c3ccccc3)cccc2s1)C1CCN(C(=O)[C@@H]2CCCO2)CC1. The largest absolute Gasteiger partial charge is 0.368 e.